The molecule has 0 atom stereocenters. The van der Waals surface area contributed by atoms with E-state index in [2.05, 4.69) is 6.07 Å². The maximum absolute atomic E-state index is 11.7. The predicted molar refractivity (Wildman–Crippen MR) is 82.4 cm³/mol. The highest BCUT2D eigenvalue weighted by molar-refractivity contribution is 6.67. The molecule has 0 radical (unpaired) electrons. The first-order valence-electron chi connectivity index (χ1n) is 6.47. The molecule has 0 aliphatic heterocycles. The Morgan fingerprint density at radius 1 is 1.14 bits per heavy atom. The number of aromatic nitrogens is 1. The van der Waals surface area contributed by atoms with Gasteiger partial charge in [-0.2, -0.15) is 5.26 Å². The van der Waals surface area contributed by atoms with E-state index in [1.807, 2.05) is 36.4 Å². The van der Waals surface area contributed by atoms with Crippen LogP contribution in [0.4, 0.5) is 0 Å². The second-order valence-corrected chi connectivity index (χ2v) is 5.07. The molecule has 0 bridgehead atoms. The summed E-state index contributed by atoms with van der Waals surface area (Å²) in [7, 11) is 0. The number of fused-ring (bicyclic) bond motifs is 1. The van der Waals surface area contributed by atoms with E-state index in [4.69, 9.17) is 11.6 Å². The lowest BCUT2D eigenvalue weighted by atomic mass is 10.1. The lowest BCUT2D eigenvalue weighted by Gasteiger charge is -2.09. The maximum Gasteiger partial charge on any atom is 0.268 e. The fourth-order valence-electron chi connectivity index (χ4n) is 2.51. The van der Waals surface area contributed by atoms with E-state index >= 15 is 0 Å². The van der Waals surface area contributed by atoms with Gasteiger partial charge in [-0.1, -0.05) is 42.5 Å². The van der Waals surface area contributed by atoms with E-state index in [0.29, 0.717) is 17.8 Å². The van der Waals surface area contributed by atoms with E-state index in [-0.39, 0.29) is 0 Å². The van der Waals surface area contributed by atoms with Gasteiger partial charge in [-0.25, -0.2) is 0 Å². The molecule has 102 valence electrons. The topological polar surface area (TPSA) is 45.8 Å². The Morgan fingerprint density at radius 3 is 2.57 bits per heavy atom. The van der Waals surface area contributed by atoms with Crippen LogP contribution in [0.2, 0.25) is 0 Å². The van der Waals surface area contributed by atoms with Gasteiger partial charge in [0.1, 0.15) is 11.8 Å². The van der Waals surface area contributed by atoms with Gasteiger partial charge >= 0.3 is 0 Å². The average molecular weight is 295 g/mol. The minimum atomic E-state index is -0.522. The minimum Gasteiger partial charge on any atom is -0.331 e. The molecule has 0 aliphatic carbocycles. The van der Waals surface area contributed by atoms with E-state index in [0.717, 1.165) is 16.5 Å². The number of halogens is 1. The number of hydrogen-bond donors (Lipinski definition) is 0. The zero-order valence-electron chi connectivity index (χ0n) is 11.1. The molecular weight excluding hydrogens is 284 g/mol. The van der Waals surface area contributed by atoms with Crippen LogP contribution in [0.15, 0.2) is 54.6 Å². The number of nitriles is 1. The van der Waals surface area contributed by atoms with Crippen LogP contribution in [0.25, 0.3) is 10.9 Å². The van der Waals surface area contributed by atoms with Crippen molar-refractivity contribution < 1.29 is 4.79 Å². The Kier molecular flexibility index (Phi) is 3.47. The highest BCUT2D eigenvalue weighted by atomic mass is 35.5. The van der Waals surface area contributed by atoms with Crippen molar-refractivity contribution in [1.82, 2.24) is 4.57 Å². The third-order valence-corrected chi connectivity index (χ3v) is 3.62. The fourth-order valence-corrected chi connectivity index (χ4v) is 2.66. The van der Waals surface area contributed by atoms with Crippen molar-refractivity contribution in [2.45, 2.75) is 6.54 Å². The highest BCUT2D eigenvalue weighted by Gasteiger charge is 2.16. The monoisotopic (exact) mass is 294 g/mol. The van der Waals surface area contributed by atoms with Gasteiger partial charge in [0.05, 0.1) is 11.1 Å². The normalized spacial score (nSPS) is 10.5. The van der Waals surface area contributed by atoms with E-state index in [1.165, 1.54) is 0 Å². The summed E-state index contributed by atoms with van der Waals surface area (Å²) < 4.78 is 1.80. The van der Waals surface area contributed by atoms with Crippen molar-refractivity contribution in [2.75, 3.05) is 0 Å². The first-order chi connectivity index (χ1) is 10.2. The average Bonchev–Trinajstić information content (AvgIpc) is 2.87. The first kappa shape index (κ1) is 13.4. The van der Waals surface area contributed by atoms with E-state index in [1.54, 1.807) is 22.8 Å². The standard InChI is InChI=1S/C17H11ClN2O/c18-17(21)15-9-13-7-4-8-14(10-19)16(13)20(15)11-12-5-2-1-3-6-12/h1-9H,11H2. The summed E-state index contributed by atoms with van der Waals surface area (Å²) in [6.45, 7) is 0.497. The second-order valence-electron chi connectivity index (χ2n) is 4.73. The van der Waals surface area contributed by atoms with Gasteiger partial charge in [0.15, 0.2) is 0 Å². The van der Waals surface area contributed by atoms with Gasteiger partial charge in [-0.15, -0.1) is 0 Å². The van der Waals surface area contributed by atoms with E-state index < -0.39 is 5.24 Å². The number of rotatable bonds is 3. The fraction of sp³-hybridized carbons (Fsp3) is 0.0588. The number of carbonyl (C=O) groups excluding carboxylic acids is 1. The van der Waals surface area contributed by atoms with Crippen molar-refractivity contribution in [3.05, 3.63) is 71.4 Å². The number of para-hydroxylation sites is 1. The number of carbonyl (C=O) groups is 1. The molecule has 0 saturated heterocycles. The van der Waals surface area contributed by atoms with Crippen LogP contribution in [0.3, 0.4) is 0 Å². The highest BCUT2D eigenvalue weighted by Crippen LogP contribution is 2.25. The van der Waals surface area contributed by atoms with Crippen LogP contribution in [-0.4, -0.2) is 9.81 Å². The van der Waals surface area contributed by atoms with Crippen molar-refractivity contribution in [3.63, 3.8) is 0 Å². The van der Waals surface area contributed by atoms with Gasteiger partial charge in [0.2, 0.25) is 0 Å². The molecule has 3 nitrogen and oxygen atoms in total. The molecule has 3 rings (SSSR count). The molecule has 0 fully saturated rings. The zero-order chi connectivity index (χ0) is 14.8. The summed E-state index contributed by atoms with van der Waals surface area (Å²) in [5.41, 5.74) is 2.72. The molecule has 0 N–H and O–H groups in total. The third kappa shape index (κ3) is 2.42. The van der Waals surface area contributed by atoms with Crippen LogP contribution in [0.5, 0.6) is 0 Å². The Balaban J connectivity index is 2.25. The minimum absolute atomic E-state index is 0.401. The quantitative estimate of drug-likeness (QED) is 0.687. The molecule has 1 aromatic heterocycles. The largest absolute Gasteiger partial charge is 0.331 e. The van der Waals surface area contributed by atoms with Gasteiger partial charge in [0.25, 0.3) is 5.24 Å². The summed E-state index contributed by atoms with van der Waals surface area (Å²) in [6.07, 6.45) is 0. The van der Waals surface area contributed by atoms with Crippen LogP contribution in [-0.2, 0) is 6.54 Å². The SMILES string of the molecule is N#Cc1cccc2cc(C(=O)Cl)n(Cc3ccccc3)c12. The van der Waals surface area contributed by atoms with Crippen molar-refractivity contribution in [3.8, 4) is 6.07 Å². The smallest absolute Gasteiger partial charge is 0.268 e. The number of hydrogen-bond acceptors (Lipinski definition) is 2. The van der Waals surface area contributed by atoms with Crippen LogP contribution < -0.4 is 0 Å². The molecule has 4 heteroatoms. The molecule has 21 heavy (non-hydrogen) atoms. The van der Waals surface area contributed by atoms with Crippen LogP contribution in [0, 0.1) is 11.3 Å². The zero-order valence-corrected chi connectivity index (χ0v) is 11.8. The summed E-state index contributed by atoms with van der Waals surface area (Å²) in [5, 5.41) is 9.61. The Bertz CT molecular complexity index is 860. The molecule has 2 aromatic carbocycles. The molecule has 0 unspecified atom stereocenters. The predicted octanol–water partition coefficient (Wildman–Crippen LogP) is 3.94. The van der Waals surface area contributed by atoms with Crippen molar-refractivity contribution >= 4 is 27.7 Å². The maximum atomic E-state index is 11.7. The Morgan fingerprint density at radius 2 is 1.90 bits per heavy atom. The molecule has 0 amide bonds. The number of benzene rings is 2. The summed E-state index contributed by atoms with van der Waals surface area (Å²) >= 11 is 5.70. The molecule has 1 heterocycles. The van der Waals surface area contributed by atoms with Crippen molar-refractivity contribution in [1.29, 1.82) is 5.26 Å². The van der Waals surface area contributed by atoms with Crippen LogP contribution in [0.1, 0.15) is 21.6 Å². The molecule has 0 aliphatic rings. The Hall–Kier alpha value is -2.57. The van der Waals surface area contributed by atoms with Gasteiger partial charge < -0.3 is 4.57 Å². The van der Waals surface area contributed by atoms with Gasteiger partial charge in [-0.3, -0.25) is 4.79 Å². The first-order valence-corrected chi connectivity index (χ1v) is 6.84. The van der Waals surface area contributed by atoms with E-state index in [9.17, 15) is 10.1 Å². The summed E-state index contributed by atoms with van der Waals surface area (Å²) in [4.78, 5) is 11.7. The molecule has 0 saturated carbocycles. The summed E-state index contributed by atoms with van der Waals surface area (Å²) in [6, 6.07) is 19.1. The van der Waals surface area contributed by atoms with Gasteiger partial charge in [0, 0.05) is 11.9 Å². The van der Waals surface area contributed by atoms with Crippen molar-refractivity contribution in [2.24, 2.45) is 0 Å². The molecule has 0 spiro atoms. The van der Waals surface area contributed by atoms with Gasteiger partial charge in [-0.05, 0) is 29.3 Å². The molecule has 3 aromatic rings. The summed E-state index contributed by atoms with van der Waals surface area (Å²) in [5.74, 6) is 0. The second kappa shape index (κ2) is 5.43. The number of nitrogens with zero attached hydrogens (tertiary/aromatic N) is 2. The third-order valence-electron chi connectivity index (χ3n) is 3.43. The lowest BCUT2D eigenvalue weighted by molar-refractivity contribution is 0.107. The Labute approximate surface area is 127 Å². The lowest BCUT2D eigenvalue weighted by Crippen LogP contribution is -2.07. The molecular formula is C17H11ClN2O. The van der Waals surface area contributed by atoms with Crippen LogP contribution >= 0.6 is 11.6 Å².